The zero-order valence-corrected chi connectivity index (χ0v) is 11.0. The number of nitrogens with zero attached hydrogens (tertiary/aromatic N) is 1. The Morgan fingerprint density at radius 1 is 1.47 bits per heavy atom. The molecule has 1 aliphatic rings. The van der Waals surface area contributed by atoms with Crippen LogP contribution in [0.5, 0.6) is 0 Å². The second-order valence-corrected chi connectivity index (χ2v) is 4.86. The molecule has 0 spiro atoms. The zero-order valence-electron chi connectivity index (χ0n) is 10.2. The summed E-state index contributed by atoms with van der Waals surface area (Å²) in [5, 5.41) is 0. The molecule has 0 aromatic carbocycles. The first-order chi connectivity index (χ1) is 6.56. The van der Waals surface area contributed by atoms with Crippen LogP contribution in [-0.2, 0) is 4.74 Å². The van der Waals surface area contributed by atoms with Gasteiger partial charge in [-0.25, -0.2) is 0 Å². The molecule has 1 saturated heterocycles. The number of halogens is 1. The van der Waals surface area contributed by atoms with E-state index in [1.165, 1.54) is 0 Å². The third kappa shape index (κ3) is 4.68. The number of rotatable bonds is 4. The molecule has 0 saturated carbocycles. The third-order valence-electron chi connectivity index (χ3n) is 3.15. The van der Waals surface area contributed by atoms with E-state index in [1.807, 2.05) is 6.92 Å². The van der Waals surface area contributed by atoms with E-state index in [4.69, 9.17) is 10.5 Å². The van der Waals surface area contributed by atoms with Gasteiger partial charge < -0.3 is 15.4 Å². The maximum Gasteiger partial charge on any atom is 0.0593 e. The molecule has 2 N–H and O–H groups in total. The largest absolute Gasteiger partial charge is 0.380 e. The minimum Gasteiger partial charge on any atom is -0.380 e. The number of likely N-dealkylation sites (tertiary alicyclic amines) is 1. The van der Waals surface area contributed by atoms with Crippen LogP contribution in [0.3, 0.4) is 0 Å². The van der Waals surface area contributed by atoms with Gasteiger partial charge in [-0.2, -0.15) is 0 Å². The molecular formula is C11H25ClN2O. The van der Waals surface area contributed by atoms with Crippen LogP contribution in [-0.4, -0.2) is 43.8 Å². The van der Waals surface area contributed by atoms with Crippen LogP contribution in [0.4, 0.5) is 0 Å². The molecule has 4 heteroatoms. The lowest BCUT2D eigenvalue weighted by atomic mass is 9.80. The Morgan fingerprint density at radius 2 is 2.13 bits per heavy atom. The van der Waals surface area contributed by atoms with Gasteiger partial charge in [-0.3, -0.25) is 0 Å². The molecule has 1 aliphatic heterocycles. The molecule has 0 aromatic heterocycles. The van der Waals surface area contributed by atoms with E-state index in [0.29, 0.717) is 6.04 Å². The summed E-state index contributed by atoms with van der Waals surface area (Å²) in [6.45, 7) is 11.5. The fourth-order valence-corrected chi connectivity index (χ4v) is 2.01. The Kier molecular flexibility index (Phi) is 6.76. The lowest BCUT2D eigenvalue weighted by molar-refractivity contribution is 0.0583. The van der Waals surface area contributed by atoms with Gasteiger partial charge in [0, 0.05) is 25.7 Å². The monoisotopic (exact) mass is 236 g/mol. The fraction of sp³-hybridized carbons (Fsp3) is 1.00. The summed E-state index contributed by atoms with van der Waals surface area (Å²) in [5.74, 6) is 0. The molecule has 1 fully saturated rings. The number of hydrogen-bond acceptors (Lipinski definition) is 3. The van der Waals surface area contributed by atoms with Gasteiger partial charge in [-0.15, -0.1) is 12.4 Å². The van der Waals surface area contributed by atoms with Crippen LogP contribution in [0.1, 0.15) is 27.2 Å². The smallest absolute Gasteiger partial charge is 0.0593 e. The summed E-state index contributed by atoms with van der Waals surface area (Å²) in [6.07, 6.45) is 1.11. The van der Waals surface area contributed by atoms with Crippen molar-refractivity contribution in [3.8, 4) is 0 Å². The van der Waals surface area contributed by atoms with Crippen LogP contribution in [0, 0.1) is 5.41 Å². The summed E-state index contributed by atoms with van der Waals surface area (Å²) >= 11 is 0. The zero-order chi connectivity index (χ0) is 10.6. The highest BCUT2D eigenvalue weighted by molar-refractivity contribution is 5.85. The van der Waals surface area contributed by atoms with Gasteiger partial charge in [-0.05, 0) is 25.3 Å². The van der Waals surface area contributed by atoms with Crippen LogP contribution in [0.15, 0.2) is 0 Å². The summed E-state index contributed by atoms with van der Waals surface area (Å²) < 4.78 is 5.36. The van der Waals surface area contributed by atoms with E-state index >= 15 is 0 Å². The molecular weight excluding hydrogens is 212 g/mol. The second kappa shape index (κ2) is 6.69. The molecule has 0 aromatic rings. The topological polar surface area (TPSA) is 38.5 Å². The molecule has 1 heterocycles. The predicted molar refractivity (Wildman–Crippen MR) is 66.6 cm³/mol. The van der Waals surface area contributed by atoms with Gasteiger partial charge in [0.1, 0.15) is 0 Å². The molecule has 1 rings (SSSR count). The van der Waals surface area contributed by atoms with Crippen molar-refractivity contribution in [3.63, 3.8) is 0 Å². The predicted octanol–water partition coefficient (Wildman–Crippen LogP) is 1.50. The van der Waals surface area contributed by atoms with E-state index in [0.717, 1.165) is 39.3 Å². The van der Waals surface area contributed by atoms with Gasteiger partial charge in [0.2, 0.25) is 0 Å². The van der Waals surface area contributed by atoms with Gasteiger partial charge in [-0.1, -0.05) is 13.8 Å². The van der Waals surface area contributed by atoms with E-state index in [9.17, 15) is 0 Å². The molecule has 92 valence electrons. The lowest BCUT2D eigenvalue weighted by Gasteiger charge is -2.42. The van der Waals surface area contributed by atoms with E-state index in [1.54, 1.807) is 0 Å². The summed E-state index contributed by atoms with van der Waals surface area (Å²) in [4.78, 5) is 2.46. The van der Waals surface area contributed by atoms with Crippen LogP contribution in [0.2, 0.25) is 0 Å². The molecule has 3 nitrogen and oxygen atoms in total. The number of ether oxygens (including phenoxy) is 1. The van der Waals surface area contributed by atoms with Gasteiger partial charge in [0.15, 0.2) is 0 Å². The quantitative estimate of drug-likeness (QED) is 0.752. The van der Waals surface area contributed by atoms with Crippen LogP contribution < -0.4 is 5.73 Å². The lowest BCUT2D eigenvalue weighted by Crippen LogP contribution is -2.52. The van der Waals surface area contributed by atoms with Gasteiger partial charge in [0.25, 0.3) is 0 Å². The molecule has 15 heavy (non-hydrogen) atoms. The van der Waals surface area contributed by atoms with Crippen molar-refractivity contribution in [1.82, 2.24) is 4.90 Å². The maximum absolute atomic E-state index is 6.07. The average Bonchev–Trinajstić information content (AvgIpc) is 2.11. The highest BCUT2D eigenvalue weighted by Gasteiger charge is 2.32. The van der Waals surface area contributed by atoms with Crippen molar-refractivity contribution in [2.75, 3.05) is 32.8 Å². The number of piperidine rings is 1. The molecule has 0 amide bonds. The Bertz CT molecular complexity index is 176. The van der Waals surface area contributed by atoms with Crippen molar-refractivity contribution < 1.29 is 4.74 Å². The molecule has 1 atom stereocenters. The summed E-state index contributed by atoms with van der Waals surface area (Å²) in [5.41, 5.74) is 6.33. The maximum atomic E-state index is 6.07. The highest BCUT2D eigenvalue weighted by atomic mass is 35.5. The number of nitrogens with two attached hydrogens (primary N) is 1. The van der Waals surface area contributed by atoms with Gasteiger partial charge in [0.05, 0.1) is 6.61 Å². The van der Waals surface area contributed by atoms with Crippen molar-refractivity contribution in [3.05, 3.63) is 0 Å². The normalized spacial score (nSPS) is 26.0. The van der Waals surface area contributed by atoms with Crippen molar-refractivity contribution >= 4 is 12.4 Å². The van der Waals surface area contributed by atoms with E-state index in [2.05, 4.69) is 18.7 Å². The first kappa shape index (κ1) is 15.2. The minimum atomic E-state index is 0. The molecule has 1 unspecified atom stereocenters. The number of hydrogen-bond donors (Lipinski definition) is 1. The standard InChI is InChI=1S/C11H24N2O.ClH/c1-4-14-8-7-13-6-5-10(12)11(2,3)9-13;/h10H,4-9,12H2,1-3H3;1H. The fourth-order valence-electron chi connectivity index (χ4n) is 2.01. The SMILES string of the molecule is CCOCCN1CCC(N)C(C)(C)C1.Cl. The van der Waals surface area contributed by atoms with E-state index in [-0.39, 0.29) is 17.8 Å². The third-order valence-corrected chi connectivity index (χ3v) is 3.15. The molecule has 0 aliphatic carbocycles. The highest BCUT2D eigenvalue weighted by Crippen LogP contribution is 2.27. The first-order valence-corrected chi connectivity index (χ1v) is 5.62. The van der Waals surface area contributed by atoms with Crippen LogP contribution in [0.25, 0.3) is 0 Å². The van der Waals surface area contributed by atoms with Crippen molar-refractivity contribution in [2.45, 2.75) is 33.2 Å². The Morgan fingerprint density at radius 3 is 2.67 bits per heavy atom. The van der Waals surface area contributed by atoms with E-state index < -0.39 is 0 Å². The average molecular weight is 237 g/mol. The summed E-state index contributed by atoms with van der Waals surface area (Å²) in [6, 6.07) is 0.353. The Hall–Kier alpha value is 0.170. The van der Waals surface area contributed by atoms with Crippen LogP contribution >= 0.6 is 12.4 Å². The molecule has 0 bridgehead atoms. The van der Waals surface area contributed by atoms with Crippen molar-refractivity contribution in [1.29, 1.82) is 0 Å². The second-order valence-electron chi connectivity index (χ2n) is 4.86. The molecule has 0 radical (unpaired) electrons. The first-order valence-electron chi connectivity index (χ1n) is 5.62. The van der Waals surface area contributed by atoms with Gasteiger partial charge >= 0.3 is 0 Å². The Labute approximate surface area is 99.7 Å². The van der Waals surface area contributed by atoms with Crippen molar-refractivity contribution in [2.24, 2.45) is 11.1 Å². The minimum absolute atomic E-state index is 0. The summed E-state index contributed by atoms with van der Waals surface area (Å²) in [7, 11) is 0. The Balaban J connectivity index is 0.00000196.